The minimum absolute atomic E-state index is 0.0457. The second kappa shape index (κ2) is 10.0. The summed E-state index contributed by atoms with van der Waals surface area (Å²) in [5, 5.41) is 0. The summed E-state index contributed by atoms with van der Waals surface area (Å²) >= 11 is 0. The van der Waals surface area contributed by atoms with Gasteiger partial charge < -0.3 is 0 Å². The molecule has 0 saturated carbocycles. The maximum absolute atomic E-state index is 2.55. The number of hydrogen-bond acceptors (Lipinski definition) is 0. The maximum Gasteiger partial charge on any atom is 0.0352 e. The molecule has 3 aliphatic rings. The summed E-state index contributed by atoms with van der Waals surface area (Å²) in [6.07, 6.45) is 0. The Bertz CT molecular complexity index is 2490. The van der Waals surface area contributed by atoms with Crippen molar-refractivity contribution >= 4 is 0 Å². The number of fused-ring (bicyclic) bond motifs is 9. The van der Waals surface area contributed by atoms with Gasteiger partial charge in [0.1, 0.15) is 0 Å². The molecule has 0 heteroatoms. The molecule has 0 spiro atoms. The molecular formula is C49H38. The first-order chi connectivity index (χ1) is 23.8. The van der Waals surface area contributed by atoms with E-state index in [0.29, 0.717) is 0 Å². The van der Waals surface area contributed by atoms with Crippen LogP contribution >= 0.6 is 0 Å². The highest BCUT2D eigenvalue weighted by molar-refractivity contribution is 5.91. The van der Waals surface area contributed by atoms with E-state index in [-0.39, 0.29) is 16.7 Å². The van der Waals surface area contributed by atoms with Crippen LogP contribution in [0, 0.1) is 0 Å². The fourth-order valence-corrected chi connectivity index (χ4v) is 9.42. The molecule has 7 aromatic carbocycles. The van der Waals surface area contributed by atoms with Gasteiger partial charge in [-0.05, 0) is 113 Å². The lowest BCUT2D eigenvalue weighted by atomic mass is 9.79. The Kier molecular flexibility index (Phi) is 5.84. The molecule has 0 N–H and O–H groups in total. The molecular weight excluding hydrogens is 589 g/mol. The molecule has 0 saturated heterocycles. The Morgan fingerprint density at radius 3 is 1.59 bits per heavy atom. The van der Waals surface area contributed by atoms with E-state index < -0.39 is 0 Å². The molecule has 0 nitrogen and oxygen atoms in total. The van der Waals surface area contributed by atoms with Crippen LogP contribution in [-0.4, -0.2) is 0 Å². The smallest absolute Gasteiger partial charge is 0.0352 e. The third-order valence-corrected chi connectivity index (χ3v) is 11.9. The first-order valence-electron chi connectivity index (χ1n) is 17.6. The normalized spacial score (nSPS) is 16.7. The summed E-state index contributed by atoms with van der Waals surface area (Å²) < 4.78 is 0. The molecule has 3 aliphatic carbocycles. The van der Waals surface area contributed by atoms with Gasteiger partial charge in [-0.15, -0.1) is 0 Å². The Balaban J connectivity index is 1.19. The zero-order chi connectivity index (χ0) is 33.1. The lowest BCUT2D eigenvalue weighted by Gasteiger charge is -2.24. The highest BCUT2D eigenvalue weighted by Gasteiger charge is 2.40. The van der Waals surface area contributed by atoms with Gasteiger partial charge in [0.15, 0.2) is 0 Å². The Morgan fingerprint density at radius 1 is 0.327 bits per heavy atom. The number of rotatable bonds is 3. The second-order valence-electron chi connectivity index (χ2n) is 15.3. The number of benzene rings is 7. The van der Waals surface area contributed by atoms with Gasteiger partial charge in [-0.2, -0.15) is 0 Å². The Labute approximate surface area is 289 Å². The van der Waals surface area contributed by atoms with Gasteiger partial charge in [0, 0.05) is 16.7 Å². The molecule has 0 fully saturated rings. The zero-order valence-electron chi connectivity index (χ0n) is 28.5. The molecule has 10 rings (SSSR count). The summed E-state index contributed by atoms with van der Waals surface area (Å²) in [5.41, 5.74) is 23.0. The number of hydrogen-bond donors (Lipinski definition) is 0. The van der Waals surface area contributed by atoms with Crippen LogP contribution in [0.15, 0.2) is 152 Å². The van der Waals surface area contributed by atoms with Crippen LogP contribution < -0.4 is 0 Å². The predicted octanol–water partition coefficient (Wildman–Crippen LogP) is 12.8. The lowest BCUT2D eigenvalue weighted by Crippen LogP contribution is -2.15. The monoisotopic (exact) mass is 626 g/mol. The van der Waals surface area contributed by atoms with Crippen LogP contribution in [-0.2, 0) is 10.8 Å². The molecule has 0 aliphatic heterocycles. The van der Waals surface area contributed by atoms with Gasteiger partial charge in [-0.25, -0.2) is 0 Å². The summed E-state index contributed by atoms with van der Waals surface area (Å²) in [6, 6.07) is 57.5. The maximum atomic E-state index is 2.55. The molecule has 49 heavy (non-hydrogen) atoms. The third-order valence-electron chi connectivity index (χ3n) is 11.9. The van der Waals surface area contributed by atoms with Crippen molar-refractivity contribution in [2.75, 3.05) is 0 Å². The van der Waals surface area contributed by atoms with Crippen molar-refractivity contribution in [3.63, 3.8) is 0 Å². The summed E-state index contributed by atoms with van der Waals surface area (Å²) in [5.74, 6) is 0.147. The fraction of sp³-hybridized carbons (Fsp3) is 0.143. The first kappa shape index (κ1) is 28.5. The van der Waals surface area contributed by atoms with E-state index in [1.54, 1.807) is 0 Å². The minimum Gasteiger partial charge on any atom is -0.0622 e. The average molecular weight is 627 g/mol. The van der Waals surface area contributed by atoms with Crippen molar-refractivity contribution in [1.82, 2.24) is 0 Å². The summed E-state index contributed by atoms with van der Waals surface area (Å²) in [4.78, 5) is 0. The van der Waals surface area contributed by atoms with Gasteiger partial charge in [-0.1, -0.05) is 161 Å². The quantitative estimate of drug-likeness (QED) is 0.183. The highest BCUT2D eigenvalue weighted by atomic mass is 14.4. The standard InChI is InChI=1S/C49H38/c1-48(2)43-20-12-10-17-36(43)38-23-22-31(27-45(38)48)33-24-32(30-14-6-5-7-15-30)25-34(26-33)47-39-19-9-8-16-35(39)40-28-41-37-18-11-13-21-44(37)49(3,4)46(41)29-42(40)47/h5-29,47H,1-4H3. The topological polar surface area (TPSA) is 0 Å². The van der Waals surface area contributed by atoms with Crippen molar-refractivity contribution in [1.29, 1.82) is 0 Å². The van der Waals surface area contributed by atoms with Gasteiger partial charge in [0.05, 0.1) is 0 Å². The second-order valence-corrected chi connectivity index (χ2v) is 15.3. The van der Waals surface area contributed by atoms with E-state index in [1.165, 1.54) is 94.6 Å². The molecule has 0 radical (unpaired) electrons. The van der Waals surface area contributed by atoms with Crippen LogP contribution in [0.25, 0.3) is 55.6 Å². The van der Waals surface area contributed by atoms with E-state index >= 15 is 0 Å². The van der Waals surface area contributed by atoms with Crippen LogP contribution in [0.3, 0.4) is 0 Å². The first-order valence-corrected chi connectivity index (χ1v) is 17.6. The SMILES string of the molecule is CC1(C)c2ccccc2-c2ccc(-c3cc(-c4ccccc4)cc(C4c5ccccc5-c5cc6c(cc54)C(C)(C)c4ccccc4-6)c3)cc21. The van der Waals surface area contributed by atoms with Crippen molar-refractivity contribution in [3.05, 3.63) is 191 Å². The third kappa shape index (κ3) is 3.98. The lowest BCUT2D eigenvalue weighted by molar-refractivity contribution is 0.659. The summed E-state index contributed by atoms with van der Waals surface area (Å²) in [6.45, 7) is 9.53. The van der Waals surface area contributed by atoms with Crippen LogP contribution in [0.1, 0.15) is 72.6 Å². The van der Waals surface area contributed by atoms with E-state index in [9.17, 15) is 0 Å². The van der Waals surface area contributed by atoms with Crippen LogP contribution in [0.2, 0.25) is 0 Å². The molecule has 1 unspecified atom stereocenters. The molecule has 0 amide bonds. The minimum atomic E-state index is -0.0495. The molecule has 0 aromatic heterocycles. The van der Waals surface area contributed by atoms with Crippen molar-refractivity contribution in [2.24, 2.45) is 0 Å². The van der Waals surface area contributed by atoms with E-state index in [1.807, 2.05) is 0 Å². The highest BCUT2D eigenvalue weighted by Crippen LogP contribution is 2.56. The van der Waals surface area contributed by atoms with Gasteiger partial charge in [0.2, 0.25) is 0 Å². The van der Waals surface area contributed by atoms with Gasteiger partial charge in [-0.3, -0.25) is 0 Å². The van der Waals surface area contributed by atoms with Gasteiger partial charge in [0.25, 0.3) is 0 Å². The Hall–Kier alpha value is -5.46. The van der Waals surface area contributed by atoms with Crippen molar-refractivity contribution < 1.29 is 0 Å². The molecule has 234 valence electrons. The molecule has 0 bridgehead atoms. The van der Waals surface area contributed by atoms with Crippen LogP contribution in [0.4, 0.5) is 0 Å². The van der Waals surface area contributed by atoms with E-state index in [0.717, 1.165) is 0 Å². The van der Waals surface area contributed by atoms with Crippen LogP contribution in [0.5, 0.6) is 0 Å². The van der Waals surface area contributed by atoms with Gasteiger partial charge >= 0.3 is 0 Å². The van der Waals surface area contributed by atoms with E-state index in [2.05, 4.69) is 179 Å². The largest absolute Gasteiger partial charge is 0.0622 e. The fourth-order valence-electron chi connectivity index (χ4n) is 9.42. The summed E-state index contributed by atoms with van der Waals surface area (Å²) in [7, 11) is 0. The Morgan fingerprint density at radius 2 is 0.878 bits per heavy atom. The zero-order valence-corrected chi connectivity index (χ0v) is 28.5. The predicted molar refractivity (Wildman–Crippen MR) is 205 cm³/mol. The van der Waals surface area contributed by atoms with Crippen molar-refractivity contribution in [2.45, 2.75) is 44.4 Å². The molecule has 7 aromatic rings. The van der Waals surface area contributed by atoms with Crippen molar-refractivity contribution in [3.8, 4) is 55.6 Å². The molecule has 1 atom stereocenters. The van der Waals surface area contributed by atoms with E-state index in [4.69, 9.17) is 0 Å². The average Bonchev–Trinajstić information content (AvgIpc) is 3.67. The molecule has 0 heterocycles.